The van der Waals surface area contributed by atoms with Crippen molar-refractivity contribution in [3.8, 4) is 0 Å². The maximum absolute atomic E-state index is 13.2. The summed E-state index contributed by atoms with van der Waals surface area (Å²) < 4.78 is 27.7. The van der Waals surface area contributed by atoms with Crippen LogP contribution in [0.2, 0.25) is 5.02 Å². The van der Waals surface area contributed by atoms with Crippen LogP contribution in [0.4, 0.5) is 5.82 Å². The van der Waals surface area contributed by atoms with Crippen molar-refractivity contribution in [3.05, 3.63) is 59.4 Å². The van der Waals surface area contributed by atoms with Gasteiger partial charge in [-0.3, -0.25) is 4.79 Å². The van der Waals surface area contributed by atoms with Gasteiger partial charge < -0.3 is 15.6 Å². The van der Waals surface area contributed by atoms with Crippen molar-refractivity contribution in [1.29, 1.82) is 0 Å². The quantitative estimate of drug-likeness (QED) is 0.458. The van der Waals surface area contributed by atoms with Crippen LogP contribution in [-0.4, -0.2) is 57.6 Å². The molecule has 1 atom stereocenters. The minimum absolute atomic E-state index is 0.0417. The molecule has 0 bridgehead atoms. The fourth-order valence-electron chi connectivity index (χ4n) is 4.15. The minimum atomic E-state index is -3.88. The summed E-state index contributed by atoms with van der Waals surface area (Å²) >= 11 is 6.01. The minimum Gasteiger partial charge on any atom is -0.383 e. The molecule has 9 nitrogen and oxygen atoms in total. The third-order valence-electron chi connectivity index (χ3n) is 5.89. The highest BCUT2D eigenvalue weighted by atomic mass is 35.5. The number of nitrogens with two attached hydrogens (primary N) is 1. The number of nitrogens with zero attached hydrogens (tertiary/aromatic N) is 4. The molecule has 0 aliphatic carbocycles. The summed E-state index contributed by atoms with van der Waals surface area (Å²) in [6, 6.07) is 11.9. The Kier molecular flexibility index (Phi) is 5.23. The van der Waals surface area contributed by atoms with Gasteiger partial charge in [-0.25, -0.2) is 18.4 Å². The van der Waals surface area contributed by atoms with Crippen LogP contribution in [0.5, 0.6) is 0 Å². The number of fused-ring (bicyclic) bond motifs is 2. The van der Waals surface area contributed by atoms with Gasteiger partial charge in [0.25, 0.3) is 10.0 Å². The van der Waals surface area contributed by atoms with Gasteiger partial charge in [0.15, 0.2) is 0 Å². The second-order valence-corrected chi connectivity index (χ2v) is 10.5. The van der Waals surface area contributed by atoms with Crippen LogP contribution in [0.25, 0.3) is 21.8 Å². The van der Waals surface area contributed by atoms with Crippen molar-refractivity contribution in [2.75, 3.05) is 18.8 Å². The summed E-state index contributed by atoms with van der Waals surface area (Å²) in [6.07, 6.45) is 1.40. The number of nitrogens with one attached hydrogen (secondary N) is 1. The molecule has 3 heterocycles. The Morgan fingerprint density at radius 1 is 1.18 bits per heavy atom. The number of amides is 1. The van der Waals surface area contributed by atoms with Gasteiger partial charge in [0.1, 0.15) is 17.2 Å². The zero-order chi connectivity index (χ0) is 23.3. The van der Waals surface area contributed by atoms with Crippen LogP contribution in [0.1, 0.15) is 12.5 Å². The summed E-state index contributed by atoms with van der Waals surface area (Å²) in [5, 5.41) is 2.00. The number of aromatic nitrogens is 3. The molecular weight excluding hydrogens is 464 g/mol. The van der Waals surface area contributed by atoms with E-state index in [0.29, 0.717) is 33.8 Å². The van der Waals surface area contributed by atoms with E-state index in [0.717, 1.165) is 10.9 Å². The lowest BCUT2D eigenvalue weighted by atomic mass is 10.1. The van der Waals surface area contributed by atoms with E-state index in [4.69, 9.17) is 17.3 Å². The molecule has 170 valence electrons. The number of carbonyl (C=O) groups excluding carboxylic acids is 1. The summed E-state index contributed by atoms with van der Waals surface area (Å²) in [6.45, 7) is 2.14. The number of rotatable bonds is 4. The van der Waals surface area contributed by atoms with Crippen LogP contribution in [0, 0.1) is 0 Å². The lowest BCUT2D eigenvalue weighted by Crippen LogP contribution is -2.56. The number of nitrogen functional groups attached to an aromatic ring is 1. The molecule has 11 heteroatoms. The van der Waals surface area contributed by atoms with Crippen LogP contribution in [0.15, 0.2) is 53.8 Å². The Morgan fingerprint density at radius 3 is 2.79 bits per heavy atom. The first kappa shape index (κ1) is 21.6. The molecule has 5 rings (SSSR count). The van der Waals surface area contributed by atoms with Crippen molar-refractivity contribution in [3.63, 3.8) is 0 Å². The molecule has 2 aromatic heterocycles. The molecule has 4 aromatic rings. The average Bonchev–Trinajstić information content (AvgIpc) is 3.20. The van der Waals surface area contributed by atoms with E-state index in [9.17, 15) is 13.2 Å². The second-order valence-electron chi connectivity index (χ2n) is 8.14. The average molecular weight is 485 g/mol. The predicted octanol–water partition coefficient (Wildman–Crippen LogP) is 2.77. The third kappa shape index (κ3) is 3.90. The molecule has 0 radical (unpaired) electrons. The number of hydrogen-bond acceptors (Lipinski definition) is 6. The number of sulfonamides is 1. The zero-order valence-corrected chi connectivity index (χ0v) is 19.3. The van der Waals surface area contributed by atoms with Gasteiger partial charge in [-0.1, -0.05) is 17.7 Å². The standard InChI is InChI=1S/C22H21ClN6O3S/c1-13-9-28(33(31,32)20-8-15-7-16(23)3-5-18(15)27-20)11-21(30)29(13)10-14-2-4-17-19(6-14)25-12-26-22(17)24/h2-8,12-13,27H,9-11H2,1H3,(H2,24,25,26)/t13-/m0/s1. The largest absolute Gasteiger partial charge is 0.383 e. The second kappa shape index (κ2) is 7.98. The summed E-state index contributed by atoms with van der Waals surface area (Å²) in [5.41, 5.74) is 8.12. The van der Waals surface area contributed by atoms with Gasteiger partial charge in [-0.05, 0) is 48.9 Å². The zero-order valence-electron chi connectivity index (χ0n) is 17.7. The Balaban J connectivity index is 1.37. The summed E-state index contributed by atoms with van der Waals surface area (Å²) in [4.78, 5) is 25.8. The Labute approximate surface area is 195 Å². The number of halogens is 1. The number of piperazine rings is 1. The van der Waals surface area contributed by atoms with Gasteiger partial charge >= 0.3 is 0 Å². The van der Waals surface area contributed by atoms with Gasteiger partial charge in [0.05, 0.1) is 12.1 Å². The van der Waals surface area contributed by atoms with Crippen LogP contribution in [0.3, 0.4) is 0 Å². The first-order valence-corrected chi connectivity index (χ1v) is 12.1. The van der Waals surface area contributed by atoms with E-state index in [-0.39, 0.29) is 30.1 Å². The molecule has 0 unspecified atom stereocenters. The first-order valence-electron chi connectivity index (χ1n) is 10.3. The molecule has 1 fully saturated rings. The van der Waals surface area contributed by atoms with E-state index in [2.05, 4.69) is 15.0 Å². The van der Waals surface area contributed by atoms with Gasteiger partial charge in [0, 0.05) is 40.4 Å². The van der Waals surface area contributed by atoms with Gasteiger partial charge in [0.2, 0.25) is 5.91 Å². The molecule has 1 saturated heterocycles. The third-order valence-corrected chi connectivity index (χ3v) is 7.86. The monoisotopic (exact) mass is 484 g/mol. The van der Waals surface area contributed by atoms with E-state index in [1.165, 1.54) is 10.6 Å². The van der Waals surface area contributed by atoms with Crippen molar-refractivity contribution in [1.82, 2.24) is 24.2 Å². The number of anilines is 1. The Hall–Kier alpha value is -3.21. The maximum atomic E-state index is 13.2. The smallest absolute Gasteiger partial charge is 0.259 e. The highest BCUT2D eigenvalue weighted by Gasteiger charge is 2.37. The van der Waals surface area contributed by atoms with Crippen molar-refractivity contribution in [2.45, 2.75) is 24.5 Å². The number of hydrogen-bond donors (Lipinski definition) is 2. The van der Waals surface area contributed by atoms with Crippen molar-refractivity contribution >= 4 is 55.2 Å². The molecule has 1 amide bonds. The van der Waals surface area contributed by atoms with E-state index in [1.807, 2.05) is 25.1 Å². The molecule has 2 aromatic carbocycles. The van der Waals surface area contributed by atoms with E-state index < -0.39 is 10.0 Å². The van der Waals surface area contributed by atoms with Crippen molar-refractivity contribution < 1.29 is 13.2 Å². The topological polar surface area (TPSA) is 125 Å². The normalized spacial score (nSPS) is 17.8. The van der Waals surface area contributed by atoms with E-state index in [1.54, 1.807) is 29.2 Å². The highest BCUT2D eigenvalue weighted by Crippen LogP contribution is 2.27. The lowest BCUT2D eigenvalue weighted by Gasteiger charge is -2.38. The first-order chi connectivity index (χ1) is 15.7. The van der Waals surface area contributed by atoms with Crippen LogP contribution >= 0.6 is 11.6 Å². The molecule has 3 N–H and O–H groups in total. The maximum Gasteiger partial charge on any atom is 0.259 e. The Bertz CT molecular complexity index is 1500. The van der Waals surface area contributed by atoms with E-state index >= 15 is 0 Å². The van der Waals surface area contributed by atoms with Gasteiger partial charge in [-0.2, -0.15) is 4.31 Å². The lowest BCUT2D eigenvalue weighted by molar-refractivity contribution is -0.137. The van der Waals surface area contributed by atoms with Crippen LogP contribution in [-0.2, 0) is 21.4 Å². The molecule has 1 aliphatic rings. The predicted molar refractivity (Wildman–Crippen MR) is 126 cm³/mol. The highest BCUT2D eigenvalue weighted by molar-refractivity contribution is 7.89. The number of H-pyrrole nitrogens is 1. The molecule has 33 heavy (non-hydrogen) atoms. The fraction of sp³-hybridized carbons (Fsp3) is 0.227. The SMILES string of the molecule is C[C@H]1CN(S(=O)(=O)c2cc3cc(Cl)ccc3[nH]2)CC(=O)N1Cc1ccc2c(N)ncnc2c1. The molecular formula is C22H21ClN6O3S. The van der Waals surface area contributed by atoms with Crippen molar-refractivity contribution in [2.24, 2.45) is 0 Å². The fourth-order valence-corrected chi connectivity index (χ4v) is 5.81. The van der Waals surface area contributed by atoms with Gasteiger partial charge in [-0.15, -0.1) is 0 Å². The van der Waals surface area contributed by atoms with Crippen LogP contribution < -0.4 is 5.73 Å². The molecule has 1 aliphatic heterocycles. The summed E-state index contributed by atoms with van der Waals surface area (Å²) in [7, 11) is -3.88. The number of aromatic amines is 1. The number of carbonyl (C=O) groups is 1. The summed E-state index contributed by atoms with van der Waals surface area (Å²) in [5.74, 6) is 0.132. The Morgan fingerprint density at radius 2 is 2.00 bits per heavy atom. The molecule has 0 saturated carbocycles. The number of benzene rings is 2. The molecule has 0 spiro atoms.